The van der Waals surface area contributed by atoms with Crippen LogP contribution < -0.4 is 5.73 Å². The van der Waals surface area contributed by atoms with Crippen LogP contribution in [0.15, 0.2) is 18.2 Å². The fourth-order valence-corrected chi connectivity index (χ4v) is 4.61. The molecule has 0 fully saturated rings. The van der Waals surface area contributed by atoms with Gasteiger partial charge in [0.25, 0.3) is 5.91 Å². The van der Waals surface area contributed by atoms with Gasteiger partial charge in [0.05, 0.1) is 41.6 Å². The fraction of sp³-hybridized carbons (Fsp3) is 0.333. The normalized spacial score (nSPS) is 13.5. The van der Waals surface area contributed by atoms with E-state index >= 15 is 0 Å². The zero-order valence-corrected chi connectivity index (χ0v) is 19.5. The average Bonchev–Trinajstić information content (AvgIpc) is 3.27. The summed E-state index contributed by atoms with van der Waals surface area (Å²) in [6.07, 6.45) is 0. The number of phenols is 1. The summed E-state index contributed by atoms with van der Waals surface area (Å²) in [5, 5.41) is 14.9. The van der Waals surface area contributed by atoms with Crippen LogP contribution in [0.4, 0.5) is 5.82 Å². The number of amides is 1. The lowest BCUT2D eigenvalue weighted by Crippen LogP contribution is -2.38. The molecule has 0 saturated carbocycles. The minimum Gasteiger partial charge on any atom is -0.508 e. The molecule has 0 radical (unpaired) electrons. The molecule has 1 aromatic carbocycles. The maximum absolute atomic E-state index is 13.8. The highest BCUT2D eigenvalue weighted by atomic mass is 16.3. The molecule has 4 aromatic rings. The van der Waals surface area contributed by atoms with E-state index in [0.717, 1.165) is 28.3 Å². The maximum atomic E-state index is 13.8. The lowest BCUT2D eigenvalue weighted by molar-refractivity contribution is 0.0709. The molecule has 0 bridgehead atoms. The molecule has 9 heteroatoms. The van der Waals surface area contributed by atoms with E-state index in [2.05, 4.69) is 5.10 Å². The molecular weight excluding hydrogens is 418 g/mol. The smallest absolute Gasteiger partial charge is 0.260 e. The number of fused-ring (bicyclic) bond motifs is 2. The van der Waals surface area contributed by atoms with E-state index in [0.29, 0.717) is 47.6 Å². The third-order valence-electron chi connectivity index (χ3n) is 6.48. The summed E-state index contributed by atoms with van der Waals surface area (Å²) >= 11 is 0. The number of aromatic hydroxyl groups is 1. The van der Waals surface area contributed by atoms with Gasteiger partial charge >= 0.3 is 0 Å². The van der Waals surface area contributed by atoms with Crippen molar-refractivity contribution in [1.29, 1.82) is 0 Å². The number of carbonyl (C=O) groups excluding carboxylic acids is 1. The van der Waals surface area contributed by atoms with Gasteiger partial charge in [-0.2, -0.15) is 5.10 Å². The Morgan fingerprint density at radius 2 is 1.79 bits per heavy atom. The summed E-state index contributed by atoms with van der Waals surface area (Å²) in [7, 11) is 0. The minimum absolute atomic E-state index is 0.154. The maximum Gasteiger partial charge on any atom is 0.260 e. The molecule has 0 unspecified atom stereocenters. The Morgan fingerprint density at radius 3 is 2.55 bits per heavy atom. The van der Waals surface area contributed by atoms with Crippen LogP contribution in [-0.2, 0) is 13.1 Å². The van der Waals surface area contributed by atoms with Crippen molar-refractivity contribution in [1.82, 2.24) is 29.2 Å². The summed E-state index contributed by atoms with van der Waals surface area (Å²) in [5.41, 5.74) is 13.7. The van der Waals surface area contributed by atoms with Gasteiger partial charge in [0.1, 0.15) is 22.6 Å². The van der Waals surface area contributed by atoms with Crippen molar-refractivity contribution in [3.8, 4) is 11.4 Å². The molecule has 5 rings (SSSR count). The first kappa shape index (κ1) is 21.0. The lowest BCUT2D eigenvalue weighted by atomic mass is 10.1. The fourth-order valence-electron chi connectivity index (χ4n) is 4.61. The molecule has 1 aliphatic heterocycles. The molecule has 9 nitrogen and oxygen atoms in total. The van der Waals surface area contributed by atoms with Gasteiger partial charge < -0.3 is 15.7 Å². The molecule has 0 spiro atoms. The Hall–Kier alpha value is -3.88. The van der Waals surface area contributed by atoms with Crippen LogP contribution in [0.25, 0.3) is 16.9 Å². The second kappa shape index (κ2) is 7.33. The predicted molar refractivity (Wildman–Crippen MR) is 126 cm³/mol. The molecule has 1 aliphatic rings. The van der Waals surface area contributed by atoms with Gasteiger partial charge in [-0.25, -0.2) is 9.97 Å². The van der Waals surface area contributed by atoms with E-state index in [-0.39, 0.29) is 17.5 Å². The number of anilines is 1. The van der Waals surface area contributed by atoms with E-state index in [4.69, 9.17) is 15.7 Å². The second-order valence-electron chi connectivity index (χ2n) is 8.76. The Bertz CT molecular complexity index is 1450. The Balaban J connectivity index is 1.73. The first-order valence-corrected chi connectivity index (χ1v) is 10.9. The van der Waals surface area contributed by atoms with E-state index in [1.165, 1.54) is 0 Å². The SMILES string of the molecule is Cc1cc2n(n1)CCN(C(=O)c1c(N)n(-c3c(C)ccc(O)c3C)c3nc(C)c(C)nc13)C2. The van der Waals surface area contributed by atoms with Gasteiger partial charge in [0.15, 0.2) is 5.65 Å². The Labute approximate surface area is 191 Å². The van der Waals surface area contributed by atoms with Crippen LogP contribution in [-0.4, -0.2) is 46.8 Å². The van der Waals surface area contributed by atoms with Crippen LogP contribution >= 0.6 is 0 Å². The first-order chi connectivity index (χ1) is 15.7. The largest absolute Gasteiger partial charge is 0.508 e. The molecule has 33 heavy (non-hydrogen) atoms. The van der Waals surface area contributed by atoms with Crippen molar-refractivity contribution in [3.05, 3.63) is 57.7 Å². The highest BCUT2D eigenvalue weighted by Crippen LogP contribution is 2.36. The van der Waals surface area contributed by atoms with Crippen molar-refractivity contribution >= 4 is 22.9 Å². The Morgan fingerprint density at radius 1 is 1.06 bits per heavy atom. The van der Waals surface area contributed by atoms with Crippen molar-refractivity contribution in [2.75, 3.05) is 12.3 Å². The van der Waals surface area contributed by atoms with Gasteiger partial charge in [-0.3, -0.25) is 14.0 Å². The van der Waals surface area contributed by atoms with Gasteiger partial charge in [-0.15, -0.1) is 0 Å². The molecule has 1 amide bonds. The van der Waals surface area contributed by atoms with Gasteiger partial charge in [0.2, 0.25) is 0 Å². The molecule has 170 valence electrons. The summed E-state index contributed by atoms with van der Waals surface area (Å²) in [6, 6.07) is 5.48. The van der Waals surface area contributed by atoms with Crippen molar-refractivity contribution in [2.24, 2.45) is 0 Å². The number of hydrogen-bond donors (Lipinski definition) is 2. The number of hydrogen-bond acceptors (Lipinski definition) is 6. The van der Waals surface area contributed by atoms with E-state index in [9.17, 15) is 9.90 Å². The molecular formula is C24H27N7O2. The van der Waals surface area contributed by atoms with Crippen LogP contribution in [0, 0.1) is 34.6 Å². The zero-order valence-electron chi connectivity index (χ0n) is 19.5. The summed E-state index contributed by atoms with van der Waals surface area (Å²) in [4.78, 5) is 25.1. The number of nitrogen functional groups attached to an aromatic ring is 1. The van der Waals surface area contributed by atoms with Gasteiger partial charge in [-0.1, -0.05) is 6.07 Å². The number of aryl methyl sites for hydroxylation is 4. The second-order valence-corrected chi connectivity index (χ2v) is 8.76. The lowest BCUT2D eigenvalue weighted by Gasteiger charge is -2.27. The minimum atomic E-state index is -0.186. The van der Waals surface area contributed by atoms with Crippen molar-refractivity contribution in [3.63, 3.8) is 0 Å². The van der Waals surface area contributed by atoms with E-state index in [1.807, 2.05) is 51.4 Å². The highest BCUT2D eigenvalue weighted by Gasteiger charge is 2.31. The third-order valence-corrected chi connectivity index (χ3v) is 6.48. The van der Waals surface area contributed by atoms with Crippen molar-refractivity contribution < 1.29 is 9.90 Å². The average molecular weight is 446 g/mol. The molecule has 4 heterocycles. The molecule has 0 aliphatic carbocycles. The van der Waals surface area contributed by atoms with Crippen LogP contribution in [0.1, 0.15) is 44.3 Å². The number of carbonyl (C=O) groups is 1. The quantitative estimate of drug-likeness (QED) is 0.490. The predicted octanol–water partition coefficient (Wildman–Crippen LogP) is 3.10. The van der Waals surface area contributed by atoms with Gasteiger partial charge in [0, 0.05) is 12.1 Å². The van der Waals surface area contributed by atoms with E-state index < -0.39 is 0 Å². The standard InChI is InChI=1S/C24H27N7O2/c1-12-6-7-18(32)14(3)21(12)31-22(25)19(20-23(31)27-16(5)15(4)26-20)24(33)29-8-9-30-17(11-29)10-13(2)28-30/h6-7,10,32H,8-9,11,25H2,1-5H3. The van der Waals surface area contributed by atoms with Crippen LogP contribution in [0.3, 0.4) is 0 Å². The first-order valence-electron chi connectivity index (χ1n) is 10.9. The molecule has 3 N–H and O–H groups in total. The molecule has 0 saturated heterocycles. The summed E-state index contributed by atoms with van der Waals surface area (Å²) in [5.74, 6) is 0.239. The third kappa shape index (κ3) is 3.14. The van der Waals surface area contributed by atoms with Crippen LogP contribution in [0.5, 0.6) is 5.75 Å². The van der Waals surface area contributed by atoms with E-state index in [1.54, 1.807) is 15.5 Å². The molecule has 3 aromatic heterocycles. The van der Waals surface area contributed by atoms with Crippen LogP contribution in [0.2, 0.25) is 0 Å². The molecule has 0 atom stereocenters. The number of nitrogens with two attached hydrogens (primary N) is 1. The highest BCUT2D eigenvalue weighted by molar-refractivity contribution is 6.10. The van der Waals surface area contributed by atoms with Gasteiger partial charge in [-0.05, 0) is 52.3 Å². The number of benzene rings is 1. The number of aromatic nitrogens is 5. The summed E-state index contributed by atoms with van der Waals surface area (Å²) in [6.45, 7) is 11.1. The number of phenolic OH excluding ortho intramolecular Hbond substituents is 1. The van der Waals surface area contributed by atoms with Crippen molar-refractivity contribution in [2.45, 2.75) is 47.7 Å². The number of nitrogens with zero attached hydrogens (tertiary/aromatic N) is 6. The zero-order chi connectivity index (χ0) is 23.6. The Kier molecular flexibility index (Phi) is 4.66. The monoisotopic (exact) mass is 445 g/mol. The summed E-state index contributed by atoms with van der Waals surface area (Å²) < 4.78 is 3.70. The number of rotatable bonds is 2. The topological polar surface area (TPSA) is 115 Å².